The zero-order chi connectivity index (χ0) is 15.9. The van der Waals surface area contributed by atoms with Crippen LogP contribution in [0.25, 0.3) is 5.69 Å². The van der Waals surface area contributed by atoms with Crippen molar-refractivity contribution in [2.75, 3.05) is 0 Å². The molecule has 23 heavy (non-hydrogen) atoms. The van der Waals surface area contributed by atoms with Crippen molar-refractivity contribution in [2.45, 2.75) is 72.8 Å². The van der Waals surface area contributed by atoms with E-state index in [9.17, 15) is 0 Å². The third kappa shape index (κ3) is 5.80. The van der Waals surface area contributed by atoms with E-state index >= 15 is 0 Å². The molecule has 0 spiro atoms. The summed E-state index contributed by atoms with van der Waals surface area (Å²) in [6.07, 6.45) is 14.7. The lowest BCUT2D eigenvalue weighted by molar-refractivity contribution is -0.696. The van der Waals surface area contributed by atoms with Gasteiger partial charge in [0.25, 0.3) is 0 Å². The van der Waals surface area contributed by atoms with Crippen molar-refractivity contribution in [3.05, 3.63) is 47.5 Å². The lowest BCUT2D eigenvalue weighted by atomic mass is 10.1. The topological polar surface area (TPSA) is 8.81 Å². The fourth-order valence-corrected chi connectivity index (χ4v) is 3.31. The van der Waals surface area contributed by atoms with Gasteiger partial charge in [-0.05, 0) is 44.7 Å². The molecule has 0 radical (unpaired) electrons. The number of unbranched alkanes of at least 4 members (excludes halogenated alkanes) is 5. The zero-order valence-electron chi connectivity index (χ0n) is 15.1. The normalized spacial score (nSPS) is 10.6. The molecule has 3 heteroatoms. The lowest BCUT2D eigenvalue weighted by Crippen LogP contribution is -3.00. The maximum Gasteiger partial charge on any atom is 0.248 e. The van der Waals surface area contributed by atoms with E-state index < -0.39 is 0 Å². The largest absolute Gasteiger partial charge is 1.00 e. The molecule has 1 aromatic carbocycles. The third-order valence-corrected chi connectivity index (χ3v) is 4.35. The molecule has 2 rings (SSSR count). The molecule has 0 unspecified atom stereocenters. The van der Waals surface area contributed by atoms with Crippen LogP contribution in [0.4, 0.5) is 0 Å². The first kappa shape index (κ1) is 20.0. The third-order valence-electron chi connectivity index (χ3n) is 4.35. The van der Waals surface area contributed by atoms with Crippen molar-refractivity contribution < 1.29 is 21.5 Å². The summed E-state index contributed by atoms with van der Waals surface area (Å²) in [5.41, 5.74) is 5.36. The summed E-state index contributed by atoms with van der Waals surface area (Å²) in [4.78, 5) is 0. The van der Waals surface area contributed by atoms with E-state index in [0.29, 0.717) is 0 Å². The fraction of sp³-hybridized carbons (Fsp3) is 0.550. The average Bonchev–Trinajstić information content (AvgIpc) is 2.90. The van der Waals surface area contributed by atoms with Crippen LogP contribution in [0.3, 0.4) is 0 Å². The molecule has 0 aliphatic carbocycles. The van der Waals surface area contributed by atoms with E-state index in [0.717, 1.165) is 6.54 Å². The highest BCUT2D eigenvalue weighted by Crippen LogP contribution is 2.20. The predicted octanol–water partition coefficient (Wildman–Crippen LogP) is 2.05. The van der Waals surface area contributed by atoms with Gasteiger partial charge >= 0.3 is 0 Å². The second kappa shape index (κ2) is 9.92. The number of benzene rings is 1. The second-order valence-electron chi connectivity index (χ2n) is 6.57. The summed E-state index contributed by atoms with van der Waals surface area (Å²) in [5, 5.41) is 0. The standard InChI is InChI=1S/C20H31N2.BrH/c1-5-6-7-8-9-10-11-21-12-13-22(16-21)20-18(3)14-17(2)15-19(20)4;/h12-16H,5-11H2,1-4H3;1H/q+1;/p-1. The Hall–Kier alpha value is -1.09. The molecule has 1 aromatic heterocycles. The zero-order valence-corrected chi connectivity index (χ0v) is 16.7. The predicted molar refractivity (Wildman–Crippen MR) is 93.6 cm³/mol. The van der Waals surface area contributed by atoms with E-state index in [4.69, 9.17) is 0 Å². The summed E-state index contributed by atoms with van der Waals surface area (Å²) in [5.74, 6) is 0. The molecule has 0 bridgehead atoms. The van der Waals surface area contributed by atoms with Crippen molar-refractivity contribution in [1.29, 1.82) is 0 Å². The van der Waals surface area contributed by atoms with Gasteiger partial charge in [-0.15, -0.1) is 0 Å². The van der Waals surface area contributed by atoms with Crippen LogP contribution >= 0.6 is 0 Å². The number of aryl methyl sites for hydroxylation is 4. The number of imidazole rings is 1. The Labute approximate surface area is 152 Å². The maximum absolute atomic E-state index is 2.32. The minimum atomic E-state index is 0. The first-order valence-electron chi connectivity index (χ1n) is 8.77. The van der Waals surface area contributed by atoms with Crippen LogP contribution in [0.1, 0.15) is 62.1 Å². The van der Waals surface area contributed by atoms with Crippen LogP contribution in [0.2, 0.25) is 0 Å². The minimum absolute atomic E-state index is 0. The van der Waals surface area contributed by atoms with Gasteiger partial charge in [-0.3, -0.25) is 0 Å². The molecule has 0 atom stereocenters. The minimum Gasteiger partial charge on any atom is -1.00 e. The Balaban J connectivity index is 0.00000264. The number of halogens is 1. The Morgan fingerprint density at radius 2 is 1.52 bits per heavy atom. The van der Waals surface area contributed by atoms with Crippen molar-refractivity contribution >= 4 is 0 Å². The molecule has 0 saturated carbocycles. The van der Waals surface area contributed by atoms with E-state index in [1.165, 1.54) is 60.9 Å². The van der Waals surface area contributed by atoms with Gasteiger partial charge < -0.3 is 17.0 Å². The monoisotopic (exact) mass is 378 g/mol. The van der Waals surface area contributed by atoms with E-state index in [1.54, 1.807) is 0 Å². The number of aromatic nitrogens is 2. The van der Waals surface area contributed by atoms with Crippen LogP contribution in [0.15, 0.2) is 30.9 Å². The maximum atomic E-state index is 2.32. The van der Waals surface area contributed by atoms with Crippen molar-refractivity contribution in [3.63, 3.8) is 0 Å². The summed E-state index contributed by atoms with van der Waals surface area (Å²) in [7, 11) is 0. The van der Waals surface area contributed by atoms with Gasteiger partial charge in [0.05, 0.1) is 6.54 Å². The highest BCUT2D eigenvalue weighted by Gasteiger charge is 2.12. The summed E-state index contributed by atoms with van der Waals surface area (Å²) in [6, 6.07) is 4.53. The Kier molecular flexibility index (Phi) is 8.60. The molecule has 0 aliphatic heterocycles. The fourth-order valence-electron chi connectivity index (χ4n) is 3.31. The van der Waals surface area contributed by atoms with E-state index in [2.05, 4.69) is 67.7 Å². The van der Waals surface area contributed by atoms with Crippen LogP contribution in [0.5, 0.6) is 0 Å². The molecule has 0 saturated heterocycles. The summed E-state index contributed by atoms with van der Waals surface area (Å²) >= 11 is 0. The van der Waals surface area contributed by atoms with Crippen LogP contribution in [0, 0.1) is 20.8 Å². The van der Waals surface area contributed by atoms with Gasteiger partial charge in [0.2, 0.25) is 6.33 Å². The molecule has 2 nitrogen and oxygen atoms in total. The number of hydrogen-bond acceptors (Lipinski definition) is 0. The molecule has 0 N–H and O–H groups in total. The molecule has 0 amide bonds. The molecular formula is C20H31BrN2. The Bertz CT molecular complexity index is 578. The molecule has 2 aromatic rings. The highest BCUT2D eigenvalue weighted by atomic mass is 79.9. The summed E-state index contributed by atoms with van der Waals surface area (Å²) in [6.45, 7) is 9.97. The molecule has 0 aliphatic rings. The SMILES string of the molecule is CCCCCCCC[n+]1ccn(-c2c(C)cc(C)cc2C)c1.[Br-]. The van der Waals surface area contributed by atoms with Gasteiger partial charge in [-0.2, -0.15) is 0 Å². The van der Waals surface area contributed by atoms with Gasteiger partial charge in [-0.25, -0.2) is 9.13 Å². The molecular weight excluding hydrogens is 348 g/mol. The smallest absolute Gasteiger partial charge is 0.248 e. The number of nitrogens with zero attached hydrogens (tertiary/aromatic N) is 2. The van der Waals surface area contributed by atoms with Crippen LogP contribution in [-0.2, 0) is 6.54 Å². The summed E-state index contributed by atoms with van der Waals surface area (Å²) < 4.78 is 4.58. The van der Waals surface area contributed by atoms with Gasteiger partial charge in [-0.1, -0.05) is 50.3 Å². The molecule has 128 valence electrons. The molecule has 1 heterocycles. The first-order chi connectivity index (χ1) is 10.6. The Morgan fingerprint density at radius 1 is 0.913 bits per heavy atom. The molecule has 0 fully saturated rings. The van der Waals surface area contributed by atoms with Crippen molar-refractivity contribution in [2.24, 2.45) is 0 Å². The second-order valence-corrected chi connectivity index (χ2v) is 6.57. The lowest BCUT2D eigenvalue weighted by Gasteiger charge is -2.07. The quantitative estimate of drug-likeness (QED) is 0.491. The highest BCUT2D eigenvalue weighted by molar-refractivity contribution is 5.48. The number of hydrogen-bond donors (Lipinski definition) is 0. The average molecular weight is 379 g/mol. The Morgan fingerprint density at radius 3 is 2.17 bits per heavy atom. The van der Waals surface area contributed by atoms with Crippen LogP contribution < -0.4 is 21.5 Å². The van der Waals surface area contributed by atoms with Crippen molar-refractivity contribution in [1.82, 2.24) is 4.57 Å². The van der Waals surface area contributed by atoms with Gasteiger partial charge in [0, 0.05) is 0 Å². The van der Waals surface area contributed by atoms with Crippen LogP contribution in [-0.4, -0.2) is 4.57 Å². The van der Waals surface area contributed by atoms with E-state index in [1.807, 2.05) is 0 Å². The van der Waals surface area contributed by atoms with Gasteiger partial charge in [0.15, 0.2) is 0 Å². The van der Waals surface area contributed by atoms with E-state index in [-0.39, 0.29) is 17.0 Å². The number of rotatable bonds is 8. The van der Waals surface area contributed by atoms with Crippen molar-refractivity contribution in [3.8, 4) is 5.69 Å². The van der Waals surface area contributed by atoms with Gasteiger partial charge in [0.1, 0.15) is 18.1 Å². The first-order valence-corrected chi connectivity index (χ1v) is 8.77.